The largest absolute Gasteiger partial charge is 0.312 e. The van der Waals surface area contributed by atoms with Gasteiger partial charge in [0, 0.05) is 11.4 Å². The molecule has 1 N–H and O–H groups in total. The summed E-state index contributed by atoms with van der Waals surface area (Å²) in [5.41, 5.74) is 3.12. The van der Waals surface area contributed by atoms with Crippen LogP contribution in [0.1, 0.15) is 22.4 Å². The maximum Gasteiger partial charge on any atom is 0.0299 e. The molecule has 1 atom stereocenters. The van der Waals surface area contributed by atoms with Crippen LogP contribution in [0.4, 0.5) is 0 Å². The number of benzene rings is 1. The highest BCUT2D eigenvalue weighted by atomic mass is 32.1. The van der Waals surface area contributed by atoms with Gasteiger partial charge in [0.15, 0.2) is 0 Å². The lowest BCUT2D eigenvalue weighted by atomic mass is 9.84. The smallest absolute Gasteiger partial charge is 0.0299 e. The van der Waals surface area contributed by atoms with Gasteiger partial charge >= 0.3 is 0 Å². The molecule has 2 aromatic rings. The van der Waals surface area contributed by atoms with Crippen LogP contribution in [0.2, 0.25) is 0 Å². The summed E-state index contributed by atoms with van der Waals surface area (Å²) < 4.78 is 0. The lowest BCUT2D eigenvalue weighted by molar-refractivity contribution is 0.425. The Morgan fingerprint density at radius 1 is 1.11 bits per heavy atom. The van der Waals surface area contributed by atoms with Crippen LogP contribution in [-0.4, -0.2) is 6.54 Å². The first-order chi connectivity index (χ1) is 8.92. The number of fused-ring (bicyclic) bond motifs is 1. The van der Waals surface area contributed by atoms with E-state index in [0.717, 1.165) is 19.0 Å². The van der Waals surface area contributed by atoms with Crippen LogP contribution in [0.25, 0.3) is 0 Å². The highest BCUT2D eigenvalue weighted by Crippen LogP contribution is 2.24. The van der Waals surface area contributed by atoms with E-state index in [2.05, 4.69) is 47.1 Å². The number of hydrogen-bond donors (Lipinski definition) is 1. The van der Waals surface area contributed by atoms with Gasteiger partial charge in [-0.3, -0.25) is 0 Å². The topological polar surface area (TPSA) is 12.0 Å². The summed E-state index contributed by atoms with van der Waals surface area (Å²) in [6, 6.07) is 13.2. The highest BCUT2D eigenvalue weighted by Gasteiger charge is 2.17. The second kappa shape index (κ2) is 5.68. The Balaban J connectivity index is 1.51. The zero-order valence-electron chi connectivity index (χ0n) is 10.6. The van der Waals surface area contributed by atoms with Gasteiger partial charge in [0.25, 0.3) is 0 Å². The molecule has 18 heavy (non-hydrogen) atoms. The van der Waals surface area contributed by atoms with Gasteiger partial charge in [0.2, 0.25) is 0 Å². The first-order valence-electron chi connectivity index (χ1n) is 6.72. The molecule has 0 radical (unpaired) electrons. The second-order valence-electron chi connectivity index (χ2n) is 5.09. The van der Waals surface area contributed by atoms with Crippen LogP contribution in [0, 0.1) is 5.92 Å². The summed E-state index contributed by atoms with van der Waals surface area (Å²) in [4.78, 5) is 1.44. The lowest BCUT2D eigenvalue weighted by Crippen LogP contribution is -2.26. The summed E-state index contributed by atoms with van der Waals surface area (Å²) >= 11 is 1.84. The minimum atomic E-state index is 0.805. The van der Waals surface area contributed by atoms with E-state index < -0.39 is 0 Å². The van der Waals surface area contributed by atoms with Gasteiger partial charge < -0.3 is 5.32 Å². The van der Waals surface area contributed by atoms with Crippen molar-refractivity contribution in [2.24, 2.45) is 5.92 Å². The van der Waals surface area contributed by atoms with Gasteiger partial charge in [0.05, 0.1) is 0 Å². The number of aryl methyl sites for hydroxylation is 1. The summed E-state index contributed by atoms with van der Waals surface area (Å²) in [5, 5.41) is 5.75. The third-order valence-corrected chi connectivity index (χ3v) is 4.64. The molecule has 0 saturated carbocycles. The van der Waals surface area contributed by atoms with Gasteiger partial charge in [-0.1, -0.05) is 30.3 Å². The van der Waals surface area contributed by atoms with Crippen molar-refractivity contribution in [3.63, 3.8) is 0 Å². The lowest BCUT2D eigenvalue weighted by Gasteiger charge is -2.24. The van der Waals surface area contributed by atoms with Gasteiger partial charge in [-0.25, -0.2) is 0 Å². The molecule has 0 amide bonds. The molecule has 0 spiro atoms. The maximum atomic E-state index is 3.60. The molecular formula is C16H19NS. The predicted molar refractivity (Wildman–Crippen MR) is 78.0 cm³/mol. The van der Waals surface area contributed by atoms with E-state index in [1.54, 1.807) is 11.1 Å². The first kappa shape index (κ1) is 11.9. The summed E-state index contributed by atoms with van der Waals surface area (Å²) in [6.07, 6.45) is 3.82. The molecular weight excluding hydrogens is 238 g/mol. The molecule has 1 aromatic heterocycles. The van der Waals surface area contributed by atoms with Crippen molar-refractivity contribution in [1.29, 1.82) is 0 Å². The van der Waals surface area contributed by atoms with E-state index >= 15 is 0 Å². The van der Waals surface area contributed by atoms with Crippen LogP contribution >= 0.6 is 11.3 Å². The Bertz CT molecular complexity index is 490. The third-order valence-electron chi connectivity index (χ3n) is 3.76. The van der Waals surface area contributed by atoms with E-state index in [-0.39, 0.29) is 0 Å². The molecule has 2 heteroatoms. The minimum Gasteiger partial charge on any atom is -0.312 e. The molecule has 1 aliphatic rings. The van der Waals surface area contributed by atoms with Crippen molar-refractivity contribution in [3.05, 3.63) is 57.8 Å². The molecule has 1 aromatic carbocycles. The Hall–Kier alpha value is -1.12. The zero-order valence-corrected chi connectivity index (χ0v) is 11.4. The third kappa shape index (κ3) is 2.82. The molecule has 0 aliphatic heterocycles. The quantitative estimate of drug-likeness (QED) is 0.881. The zero-order chi connectivity index (χ0) is 12.2. The highest BCUT2D eigenvalue weighted by molar-refractivity contribution is 7.09. The van der Waals surface area contributed by atoms with Gasteiger partial charge in [-0.2, -0.15) is 0 Å². The van der Waals surface area contributed by atoms with Crippen LogP contribution in [0.3, 0.4) is 0 Å². The number of rotatable bonds is 4. The Kier molecular flexibility index (Phi) is 3.77. The van der Waals surface area contributed by atoms with Crippen LogP contribution < -0.4 is 5.32 Å². The molecule has 1 heterocycles. The number of nitrogens with one attached hydrogen (secondary N) is 1. The van der Waals surface area contributed by atoms with Crippen molar-refractivity contribution in [2.45, 2.75) is 25.8 Å². The molecule has 1 aliphatic carbocycles. The Morgan fingerprint density at radius 2 is 2.00 bits per heavy atom. The fourth-order valence-electron chi connectivity index (χ4n) is 2.76. The summed E-state index contributed by atoms with van der Waals surface area (Å²) in [7, 11) is 0. The molecule has 94 valence electrons. The average molecular weight is 257 g/mol. The molecule has 1 unspecified atom stereocenters. The number of hydrogen-bond acceptors (Lipinski definition) is 2. The van der Waals surface area contributed by atoms with Gasteiger partial charge in [-0.05, 0) is 54.3 Å². The Morgan fingerprint density at radius 3 is 2.83 bits per heavy atom. The van der Waals surface area contributed by atoms with E-state index in [0.29, 0.717) is 0 Å². The molecule has 0 fully saturated rings. The van der Waals surface area contributed by atoms with Gasteiger partial charge in [0.1, 0.15) is 0 Å². The van der Waals surface area contributed by atoms with E-state index in [9.17, 15) is 0 Å². The normalized spacial score (nSPS) is 18.6. The van der Waals surface area contributed by atoms with Crippen molar-refractivity contribution in [2.75, 3.05) is 6.54 Å². The molecule has 0 bridgehead atoms. The SMILES string of the molecule is c1csc(CNCC2CCc3ccccc3C2)c1. The summed E-state index contributed by atoms with van der Waals surface area (Å²) in [5.74, 6) is 0.805. The minimum absolute atomic E-state index is 0.805. The van der Waals surface area contributed by atoms with Crippen LogP contribution in [0.15, 0.2) is 41.8 Å². The average Bonchev–Trinajstić information content (AvgIpc) is 2.92. The fraction of sp³-hybridized carbons (Fsp3) is 0.375. The van der Waals surface area contributed by atoms with E-state index in [1.165, 1.54) is 24.1 Å². The van der Waals surface area contributed by atoms with Crippen LogP contribution in [-0.2, 0) is 19.4 Å². The van der Waals surface area contributed by atoms with Gasteiger partial charge in [-0.15, -0.1) is 11.3 Å². The molecule has 1 nitrogen and oxygen atoms in total. The summed E-state index contributed by atoms with van der Waals surface area (Å²) in [6.45, 7) is 2.17. The van der Waals surface area contributed by atoms with E-state index in [4.69, 9.17) is 0 Å². The molecule has 3 rings (SSSR count). The van der Waals surface area contributed by atoms with E-state index in [1.807, 2.05) is 11.3 Å². The maximum absolute atomic E-state index is 3.60. The fourth-order valence-corrected chi connectivity index (χ4v) is 3.43. The van der Waals surface area contributed by atoms with Crippen LogP contribution in [0.5, 0.6) is 0 Å². The Labute approximate surface area is 113 Å². The monoisotopic (exact) mass is 257 g/mol. The second-order valence-corrected chi connectivity index (χ2v) is 6.12. The van der Waals surface area contributed by atoms with Crippen molar-refractivity contribution < 1.29 is 0 Å². The number of thiophene rings is 1. The van der Waals surface area contributed by atoms with Crippen molar-refractivity contribution in [3.8, 4) is 0 Å². The van der Waals surface area contributed by atoms with Crippen molar-refractivity contribution >= 4 is 11.3 Å². The standard InChI is InChI=1S/C16H19NS/c1-2-5-15-10-13(7-8-14(15)4-1)11-17-12-16-6-3-9-18-16/h1-6,9,13,17H,7-8,10-12H2. The molecule has 0 saturated heterocycles. The van der Waals surface area contributed by atoms with Crippen molar-refractivity contribution in [1.82, 2.24) is 5.32 Å². The predicted octanol–water partition coefficient (Wildman–Crippen LogP) is 3.64. The first-order valence-corrected chi connectivity index (χ1v) is 7.59.